The molecule has 0 atom stereocenters. The second kappa shape index (κ2) is 7.29. The normalized spacial score (nSPS) is 10.1. The van der Waals surface area contributed by atoms with Gasteiger partial charge in [-0.15, -0.1) is 0 Å². The van der Waals surface area contributed by atoms with Crippen LogP contribution in [-0.4, -0.2) is 11.8 Å². The standard InChI is InChI=1S/C16H14Cl2N2O2/c1-2-10-3-5-11(6-4-10)15(21)19-20-16(22)13-8-7-12(17)9-14(13)18/h3-9H,2H2,1H3,(H,19,21)(H,20,22). The molecule has 114 valence electrons. The largest absolute Gasteiger partial charge is 0.271 e. The van der Waals surface area contributed by atoms with Crippen LogP contribution in [-0.2, 0) is 6.42 Å². The van der Waals surface area contributed by atoms with E-state index in [1.54, 1.807) is 18.2 Å². The Morgan fingerprint density at radius 2 is 1.59 bits per heavy atom. The van der Waals surface area contributed by atoms with Gasteiger partial charge in [-0.3, -0.25) is 20.4 Å². The Morgan fingerprint density at radius 3 is 2.18 bits per heavy atom. The third kappa shape index (κ3) is 4.00. The molecule has 0 unspecified atom stereocenters. The van der Waals surface area contributed by atoms with Gasteiger partial charge in [-0.05, 0) is 42.3 Å². The highest BCUT2D eigenvalue weighted by Gasteiger charge is 2.12. The SMILES string of the molecule is CCc1ccc(C(=O)NNC(=O)c2ccc(Cl)cc2Cl)cc1. The van der Waals surface area contributed by atoms with E-state index < -0.39 is 11.8 Å². The Kier molecular flexibility index (Phi) is 5.41. The Hall–Kier alpha value is -2.04. The molecule has 0 aliphatic heterocycles. The van der Waals surface area contributed by atoms with Gasteiger partial charge in [-0.25, -0.2) is 0 Å². The van der Waals surface area contributed by atoms with E-state index in [2.05, 4.69) is 10.9 Å². The van der Waals surface area contributed by atoms with Crippen LogP contribution < -0.4 is 10.9 Å². The molecular weight excluding hydrogens is 323 g/mol. The lowest BCUT2D eigenvalue weighted by Gasteiger charge is -2.09. The zero-order chi connectivity index (χ0) is 16.1. The van der Waals surface area contributed by atoms with Crippen LogP contribution in [0.15, 0.2) is 42.5 Å². The second-order valence-electron chi connectivity index (χ2n) is 4.58. The van der Waals surface area contributed by atoms with Crippen molar-refractivity contribution in [2.24, 2.45) is 0 Å². The minimum Gasteiger partial charge on any atom is -0.267 e. The number of amides is 2. The fourth-order valence-electron chi connectivity index (χ4n) is 1.82. The number of carbonyl (C=O) groups excluding carboxylic acids is 2. The molecule has 6 heteroatoms. The van der Waals surface area contributed by atoms with E-state index in [9.17, 15) is 9.59 Å². The smallest absolute Gasteiger partial charge is 0.267 e. The number of benzene rings is 2. The Labute approximate surface area is 138 Å². The molecule has 2 aromatic rings. The minimum atomic E-state index is -0.514. The van der Waals surface area contributed by atoms with Crippen LogP contribution >= 0.6 is 23.2 Å². The summed E-state index contributed by atoms with van der Waals surface area (Å²) in [5.41, 5.74) is 6.49. The molecule has 0 spiro atoms. The summed E-state index contributed by atoms with van der Waals surface area (Å²) < 4.78 is 0. The quantitative estimate of drug-likeness (QED) is 0.841. The summed E-state index contributed by atoms with van der Waals surface area (Å²) >= 11 is 11.7. The van der Waals surface area contributed by atoms with Crippen molar-refractivity contribution in [2.75, 3.05) is 0 Å². The summed E-state index contributed by atoms with van der Waals surface area (Å²) in [6.45, 7) is 2.03. The van der Waals surface area contributed by atoms with Gasteiger partial charge in [0.25, 0.3) is 11.8 Å². The number of hydrogen-bond acceptors (Lipinski definition) is 2. The van der Waals surface area contributed by atoms with Crippen molar-refractivity contribution in [3.63, 3.8) is 0 Å². The van der Waals surface area contributed by atoms with Gasteiger partial charge >= 0.3 is 0 Å². The topological polar surface area (TPSA) is 58.2 Å². The van der Waals surface area contributed by atoms with Gasteiger partial charge in [0.2, 0.25) is 0 Å². The van der Waals surface area contributed by atoms with Crippen LogP contribution in [0.1, 0.15) is 33.2 Å². The highest BCUT2D eigenvalue weighted by molar-refractivity contribution is 6.36. The molecule has 4 nitrogen and oxygen atoms in total. The number of halogens is 2. The molecule has 0 bridgehead atoms. The lowest BCUT2D eigenvalue weighted by Crippen LogP contribution is -2.41. The molecule has 22 heavy (non-hydrogen) atoms. The monoisotopic (exact) mass is 336 g/mol. The van der Waals surface area contributed by atoms with Crippen molar-refractivity contribution in [3.8, 4) is 0 Å². The molecule has 0 heterocycles. The first-order valence-corrected chi connectivity index (χ1v) is 7.41. The number of rotatable bonds is 3. The molecule has 2 rings (SSSR count). The molecule has 2 aromatic carbocycles. The van der Waals surface area contributed by atoms with Crippen molar-refractivity contribution in [2.45, 2.75) is 13.3 Å². The van der Waals surface area contributed by atoms with Gasteiger partial charge in [-0.2, -0.15) is 0 Å². The Balaban J connectivity index is 1.99. The summed E-state index contributed by atoms with van der Waals surface area (Å²) in [5.74, 6) is -0.915. The maximum atomic E-state index is 12.0. The predicted octanol–water partition coefficient (Wildman–Crippen LogP) is 3.63. The summed E-state index contributed by atoms with van der Waals surface area (Å²) in [6.07, 6.45) is 0.897. The average molecular weight is 337 g/mol. The van der Waals surface area contributed by atoms with E-state index in [1.165, 1.54) is 12.1 Å². The van der Waals surface area contributed by atoms with Crippen molar-refractivity contribution in [1.82, 2.24) is 10.9 Å². The lowest BCUT2D eigenvalue weighted by molar-refractivity contribution is 0.0846. The Morgan fingerprint density at radius 1 is 0.955 bits per heavy atom. The van der Waals surface area contributed by atoms with Gasteiger partial charge in [0.15, 0.2) is 0 Å². The fourth-order valence-corrected chi connectivity index (χ4v) is 2.31. The predicted molar refractivity (Wildman–Crippen MR) is 87.2 cm³/mol. The van der Waals surface area contributed by atoms with Crippen molar-refractivity contribution in [3.05, 3.63) is 69.2 Å². The molecule has 0 aliphatic rings. The summed E-state index contributed by atoms with van der Waals surface area (Å²) in [4.78, 5) is 23.9. The number of hydrogen-bond donors (Lipinski definition) is 2. The third-order valence-electron chi connectivity index (χ3n) is 3.09. The van der Waals surface area contributed by atoms with Crippen molar-refractivity contribution in [1.29, 1.82) is 0 Å². The van der Waals surface area contributed by atoms with E-state index in [0.29, 0.717) is 10.6 Å². The maximum absolute atomic E-state index is 12.0. The summed E-state index contributed by atoms with van der Waals surface area (Å²) in [6, 6.07) is 11.6. The van der Waals surface area contributed by atoms with Crippen LogP contribution in [0.2, 0.25) is 10.0 Å². The highest BCUT2D eigenvalue weighted by atomic mass is 35.5. The van der Waals surface area contributed by atoms with E-state index in [0.717, 1.165) is 12.0 Å². The first-order valence-electron chi connectivity index (χ1n) is 6.66. The maximum Gasteiger partial charge on any atom is 0.271 e. The van der Waals surface area contributed by atoms with E-state index in [4.69, 9.17) is 23.2 Å². The first-order chi connectivity index (χ1) is 10.5. The van der Waals surface area contributed by atoms with Crippen LogP contribution in [0.25, 0.3) is 0 Å². The number of carbonyl (C=O) groups is 2. The molecule has 2 N–H and O–H groups in total. The van der Waals surface area contributed by atoms with Gasteiger partial charge in [0.1, 0.15) is 0 Å². The zero-order valence-corrected chi connectivity index (χ0v) is 13.3. The summed E-state index contributed by atoms with van der Waals surface area (Å²) in [5, 5.41) is 0.646. The highest BCUT2D eigenvalue weighted by Crippen LogP contribution is 2.20. The van der Waals surface area contributed by atoms with Crippen LogP contribution in [0, 0.1) is 0 Å². The van der Waals surface area contributed by atoms with Crippen molar-refractivity contribution >= 4 is 35.0 Å². The molecular formula is C16H14Cl2N2O2. The fraction of sp³-hybridized carbons (Fsp3) is 0.125. The van der Waals surface area contributed by atoms with E-state index in [-0.39, 0.29) is 10.6 Å². The van der Waals surface area contributed by atoms with Crippen molar-refractivity contribution < 1.29 is 9.59 Å². The van der Waals surface area contributed by atoms with Gasteiger partial charge < -0.3 is 0 Å². The third-order valence-corrected chi connectivity index (χ3v) is 3.64. The van der Waals surface area contributed by atoms with Gasteiger partial charge in [0, 0.05) is 10.6 Å². The average Bonchev–Trinajstić information content (AvgIpc) is 2.52. The number of hydrazine groups is 1. The number of aryl methyl sites for hydroxylation is 1. The molecule has 0 saturated heterocycles. The molecule has 0 saturated carbocycles. The molecule has 0 radical (unpaired) electrons. The second-order valence-corrected chi connectivity index (χ2v) is 5.43. The van der Waals surface area contributed by atoms with Gasteiger partial charge in [-0.1, -0.05) is 42.3 Å². The zero-order valence-electron chi connectivity index (χ0n) is 11.8. The van der Waals surface area contributed by atoms with Crippen LogP contribution in [0.5, 0.6) is 0 Å². The van der Waals surface area contributed by atoms with E-state index in [1.807, 2.05) is 19.1 Å². The summed E-state index contributed by atoms with van der Waals surface area (Å²) in [7, 11) is 0. The van der Waals surface area contributed by atoms with Crippen LogP contribution in [0.4, 0.5) is 0 Å². The molecule has 2 amide bonds. The molecule has 0 aromatic heterocycles. The van der Waals surface area contributed by atoms with E-state index >= 15 is 0 Å². The lowest BCUT2D eigenvalue weighted by atomic mass is 10.1. The molecule has 0 fully saturated rings. The minimum absolute atomic E-state index is 0.214. The first kappa shape index (κ1) is 16.3. The number of nitrogens with one attached hydrogen (secondary N) is 2. The van der Waals surface area contributed by atoms with Crippen LogP contribution in [0.3, 0.4) is 0 Å². The molecule has 0 aliphatic carbocycles. The Bertz CT molecular complexity index is 700. The van der Waals surface area contributed by atoms with Gasteiger partial charge in [0.05, 0.1) is 10.6 Å².